The Kier molecular flexibility index (Phi) is 6.37. The summed E-state index contributed by atoms with van der Waals surface area (Å²) in [4.78, 5) is 24.3. The molecule has 0 heterocycles. The Labute approximate surface area is 149 Å². The first-order valence-electron chi connectivity index (χ1n) is 7.61. The van der Waals surface area contributed by atoms with Crippen molar-refractivity contribution in [1.29, 1.82) is 0 Å². The minimum absolute atomic E-state index is 0.208. The summed E-state index contributed by atoms with van der Waals surface area (Å²) in [7, 11) is 1.56. The number of hydrogen-bond donors (Lipinski definition) is 2. The molecule has 0 fully saturated rings. The summed E-state index contributed by atoms with van der Waals surface area (Å²) in [6, 6.07) is 12.1. The van der Waals surface area contributed by atoms with Crippen molar-refractivity contribution in [2.45, 2.75) is 13.3 Å². The molecule has 0 aliphatic rings. The minimum atomic E-state index is -0.295. The molecule has 0 bridgehead atoms. The topological polar surface area (TPSA) is 67.4 Å². The maximum absolute atomic E-state index is 12.6. The van der Waals surface area contributed by atoms with Crippen LogP contribution in [-0.2, 0) is 0 Å². The van der Waals surface area contributed by atoms with Crippen LogP contribution in [0.3, 0.4) is 0 Å². The Morgan fingerprint density at radius 1 is 1.12 bits per heavy atom. The van der Waals surface area contributed by atoms with Crippen molar-refractivity contribution >= 4 is 33.4 Å². The van der Waals surface area contributed by atoms with Gasteiger partial charge in [-0.2, -0.15) is 0 Å². The van der Waals surface area contributed by atoms with Crippen LogP contribution in [0.4, 0.5) is 5.69 Å². The van der Waals surface area contributed by atoms with Gasteiger partial charge in [-0.05, 0) is 42.8 Å². The summed E-state index contributed by atoms with van der Waals surface area (Å²) in [5.41, 5.74) is 1.46. The van der Waals surface area contributed by atoms with Gasteiger partial charge in [0.05, 0.1) is 12.2 Å². The van der Waals surface area contributed by atoms with Gasteiger partial charge in [0.25, 0.3) is 11.8 Å². The molecule has 2 rings (SSSR count). The van der Waals surface area contributed by atoms with E-state index in [0.29, 0.717) is 29.2 Å². The lowest BCUT2D eigenvalue weighted by atomic mass is 10.1. The average molecular weight is 391 g/mol. The molecule has 5 nitrogen and oxygen atoms in total. The number of hydrogen-bond acceptors (Lipinski definition) is 3. The van der Waals surface area contributed by atoms with E-state index in [1.165, 1.54) is 0 Å². The molecule has 2 amide bonds. The van der Waals surface area contributed by atoms with E-state index in [2.05, 4.69) is 26.6 Å². The van der Waals surface area contributed by atoms with E-state index < -0.39 is 0 Å². The number of ether oxygens (including phenoxy) is 1. The molecule has 0 aromatic heterocycles. The van der Waals surface area contributed by atoms with Crippen LogP contribution in [0.5, 0.6) is 5.75 Å². The largest absolute Gasteiger partial charge is 0.493 e. The summed E-state index contributed by atoms with van der Waals surface area (Å²) < 4.78 is 6.42. The van der Waals surface area contributed by atoms with Gasteiger partial charge in [-0.3, -0.25) is 9.59 Å². The number of amides is 2. The smallest absolute Gasteiger partial charge is 0.259 e. The lowest BCUT2D eigenvalue weighted by Crippen LogP contribution is -2.18. The van der Waals surface area contributed by atoms with Crippen molar-refractivity contribution in [3.63, 3.8) is 0 Å². The summed E-state index contributed by atoms with van der Waals surface area (Å²) in [5.74, 6) is 0.0250. The molecular formula is C18H19BrN2O3. The second-order valence-corrected chi connectivity index (χ2v) is 6.02. The molecule has 2 N–H and O–H groups in total. The maximum Gasteiger partial charge on any atom is 0.259 e. The number of benzene rings is 2. The van der Waals surface area contributed by atoms with Gasteiger partial charge in [-0.1, -0.05) is 28.9 Å². The molecule has 0 atom stereocenters. The number of carbonyl (C=O) groups is 2. The zero-order valence-corrected chi connectivity index (χ0v) is 15.1. The lowest BCUT2D eigenvalue weighted by molar-refractivity contribution is 0.0961. The van der Waals surface area contributed by atoms with E-state index in [4.69, 9.17) is 4.74 Å². The van der Waals surface area contributed by atoms with Gasteiger partial charge in [0.2, 0.25) is 0 Å². The van der Waals surface area contributed by atoms with Gasteiger partial charge in [-0.25, -0.2) is 0 Å². The van der Waals surface area contributed by atoms with Gasteiger partial charge in [-0.15, -0.1) is 0 Å². The average Bonchev–Trinajstić information content (AvgIpc) is 2.60. The Bertz CT molecular complexity index is 747. The first-order valence-corrected chi connectivity index (χ1v) is 8.40. The lowest BCUT2D eigenvalue weighted by Gasteiger charge is -2.12. The van der Waals surface area contributed by atoms with Crippen molar-refractivity contribution in [3.8, 4) is 5.75 Å². The third kappa shape index (κ3) is 4.58. The first-order chi connectivity index (χ1) is 11.5. The van der Waals surface area contributed by atoms with Crippen molar-refractivity contribution in [2.75, 3.05) is 19.0 Å². The van der Waals surface area contributed by atoms with Crippen LogP contribution in [0.2, 0.25) is 0 Å². The molecule has 0 saturated heterocycles. The number of halogens is 1. The van der Waals surface area contributed by atoms with Crippen molar-refractivity contribution in [1.82, 2.24) is 5.32 Å². The highest BCUT2D eigenvalue weighted by molar-refractivity contribution is 9.10. The highest BCUT2D eigenvalue weighted by atomic mass is 79.9. The van der Waals surface area contributed by atoms with Gasteiger partial charge < -0.3 is 15.4 Å². The second kappa shape index (κ2) is 8.49. The first kappa shape index (κ1) is 18.0. The number of nitrogens with one attached hydrogen (secondary N) is 2. The van der Waals surface area contributed by atoms with E-state index in [-0.39, 0.29) is 11.8 Å². The standard InChI is InChI=1S/C18H19BrN2O3/c1-3-9-24-16-8-7-13(19)11-15(16)18(23)21-14-6-4-5-12(10-14)17(22)20-2/h4-8,10-11H,3,9H2,1-2H3,(H,20,22)(H,21,23). The third-order valence-electron chi connectivity index (χ3n) is 3.26. The molecule has 2 aromatic rings. The second-order valence-electron chi connectivity index (χ2n) is 5.10. The minimum Gasteiger partial charge on any atom is -0.493 e. The Hall–Kier alpha value is -2.34. The number of anilines is 1. The molecule has 126 valence electrons. The fourth-order valence-electron chi connectivity index (χ4n) is 2.10. The van der Waals surface area contributed by atoms with E-state index in [1.807, 2.05) is 13.0 Å². The monoisotopic (exact) mass is 390 g/mol. The van der Waals surface area contributed by atoms with Gasteiger partial charge in [0.1, 0.15) is 5.75 Å². The normalized spacial score (nSPS) is 10.1. The molecule has 2 aromatic carbocycles. The molecule has 0 aliphatic heterocycles. The van der Waals surface area contributed by atoms with Crippen molar-refractivity contribution in [3.05, 3.63) is 58.1 Å². The number of rotatable bonds is 6. The molecule has 0 aliphatic carbocycles. The predicted molar refractivity (Wildman–Crippen MR) is 97.7 cm³/mol. The third-order valence-corrected chi connectivity index (χ3v) is 3.75. The molecule has 0 saturated carbocycles. The van der Waals surface area contributed by atoms with Crippen LogP contribution in [-0.4, -0.2) is 25.5 Å². The molecule has 6 heteroatoms. The Balaban J connectivity index is 2.23. The predicted octanol–water partition coefficient (Wildman–Crippen LogP) is 3.85. The molecule has 0 unspecified atom stereocenters. The highest BCUT2D eigenvalue weighted by Crippen LogP contribution is 2.25. The Morgan fingerprint density at radius 3 is 2.62 bits per heavy atom. The zero-order valence-electron chi connectivity index (χ0n) is 13.6. The summed E-state index contributed by atoms with van der Waals surface area (Å²) >= 11 is 3.37. The summed E-state index contributed by atoms with van der Waals surface area (Å²) in [6.45, 7) is 2.54. The Morgan fingerprint density at radius 2 is 1.92 bits per heavy atom. The zero-order chi connectivity index (χ0) is 17.5. The van der Waals surface area contributed by atoms with Crippen LogP contribution < -0.4 is 15.4 Å². The maximum atomic E-state index is 12.6. The quantitative estimate of drug-likeness (QED) is 0.786. The van der Waals surface area contributed by atoms with E-state index in [9.17, 15) is 9.59 Å². The van der Waals surface area contributed by atoms with E-state index in [0.717, 1.165) is 10.9 Å². The highest BCUT2D eigenvalue weighted by Gasteiger charge is 2.14. The number of carbonyl (C=O) groups excluding carboxylic acids is 2. The van der Waals surface area contributed by atoms with Crippen molar-refractivity contribution < 1.29 is 14.3 Å². The SMILES string of the molecule is CCCOc1ccc(Br)cc1C(=O)Nc1cccc(C(=O)NC)c1. The van der Waals surface area contributed by atoms with Crippen LogP contribution in [0, 0.1) is 0 Å². The molecule has 0 spiro atoms. The van der Waals surface area contributed by atoms with Crippen LogP contribution in [0.1, 0.15) is 34.1 Å². The van der Waals surface area contributed by atoms with E-state index >= 15 is 0 Å². The molecule has 0 radical (unpaired) electrons. The van der Waals surface area contributed by atoms with Crippen LogP contribution in [0.25, 0.3) is 0 Å². The summed E-state index contributed by atoms with van der Waals surface area (Å²) in [5, 5.41) is 5.36. The van der Waals surface area contributed by atoms with Crippen molar-refractivity contribution in [2.24, 2.45) is 0 Å². The fraction of sp³-hybridized carbons (Fsp3) is 0.222. The van der Waals surface area contributed by atoms with E-state index in [1.54, 1.807) is 43.4 Å². The van der Waals surface area contributed by atoms with Gasteiger partial charge in [0, 0.05) is 22.8 Å². The van der Waals surface area contributed by atoms with Gasteiger partial charge >= 0.3 is 0 Å². The van der Waals surface area contributed by atoms with Crippen LogP contribution in [0.15, 0.2) is 46.9 Å². The molecular weight excluding hydrogens is 372 g/mol. The van der Waals surface area contributed by atoms with Gasteiger partial charge in [0.15, 0.2) is 0 Å². The summed E-state index contributed by atoms with van der Waals surface area (Å²) in [6.07, 6.45) is 0.852. The molecule has 24 heavy (non-hydrogen) atoms. The fourth-order valence-corrected chi connectivity index (χ4v) is 2.46. The van der Waals surface area contributed by atoms with Crippen LogP contribution >= 0.6 is 15.9 Å².